The molecule has 0 amide bonds. The molecule has 1 unspecified atom stereocenters. The fourth-order valence-electron chi connectivity index (χ4n) is 4.36. The van der Waals surface area contributed by atoms with Crippen molar-refractivity contribution >= 4 is 21.8 Å². The van der Waals surface area contributed by atoms with Crippen LogP contribution in [0.1, 0.15) is 28.9 Å². The molecule has 1 aliphatic rings. The van der Waals surface area contributed by atoms with Crippen LogP contribution >= 0.6 is 0 Å². The van der Waals surface area contributed by atoms with E-state index in [0.29, 0.717) is 6.42 Å². The molecule has 3 N–H and O–H groups in total. The first-order valence-electron chi connectivity index (χ1n) is 9.63. The highest BCUT2D eigenvalue weighted by Gasteiger charge is 2.23. The van der Waals surface area contributed by atoms with Crippen molar-refractivity contribution in [1.29, 1.82) is 0 Å². The highest BCUT2D eigenvalue weighted by atomic mass is 19.1. The van der Waals surface area contributed by atoms with E-state index in [0.717, 1.165) is 47.2 Å². The predicted octanol–water partition coefficient (Wildman–Crippen LogP) is 4.27. The Morgan fingerprint density at radius 2 is 2.11 bits per heavy atom. The van der Waals surface area contributed by atoms with Crippen LogP contribution in [0.15, 0.2) is 42.5 Å². The molecule has 142 valence electrons. The molecule has 0 saturated carbocycles. The van der Waals surface area contributed by atoms with Gasteiger partial charge in [-0.2, -0.15) is 0 Å². The van der Waals surface area contributed by atoms with Gasteiger partial charge in [-0.1, -0.05) is 24.3 Å². The third kappa shape index (κ3) is 2.74. The van der Waals surface area contributed by atoms with Crippen molar-refractivity contribution in [2.24, 2.45) is 5.73 Å². The number of benzene rings is 2. The van der Waals surface area contributed by atoms with Gasteiger partial charge in [0.25, 0.3) is 0 Å². The molecule has 1 aliphatic carbocycles. The standard InChI is InChI=1S/C23H22FN3O/c1-28-21-9-6-13(10-17(21)24)11-20-23-22(15-4-2-3-5-18(15)27-23)16-8-7-14(25)12-19(16)26-20/h2-6,9-10,14,27H,7-8,11-12,25H2,1H3. The highest BCUT2D eigenvalue weighted by Crippen LogP contribution is 2.35. The Hall–Kier alpha value is -2.92. The lowest BCUT2D eigenvalue weighted by Crippen LogP contribution is -2.29. The zero-order chi connectivity index (χ0) is 19.3. The summed E-state index contributed by atoms with van der Waals surface area (Å²) in [4.78, 5) is 8.54. The van der Waals surface area contributed by atoms with Gasteiger partial charge in [-0.25, -0.2) is 4.39 Å². The maximum Gasteiger partial charge on any atom is 0.165 e. The van der Waals surface area contributed by atoms with E-state index < -0.39 is 0 Å². The Balaban J connectivity index is 1.71. The summed E-state index contributed by atoms with van der Waals surface area (Å²) in [6.45, 7) is 0. The smallest absolute Gasteiger partial charge is 0.165 e. The molecule has 0 radical (unpaired) electrons. The summed E-state index contributed by atoms with van der Waals surface area (Å²) in [5.74, 6) is -0.100. The van der Waals surface area contributed by atoms with E-state index in [-0.39, 0.29) is 17.6 Å². The summed E-state index contributed by atoms with van der Waals surface area (Å²) < 4.78 is 19.2. The average molecular weight is 375 g/mol. The van der Waals surface area contributed by atoms with Crippen LogP contribution in [0.3, 0.4) is 0 Å². The van der Waals surface area contributed by atoms with Crippen LogP contribution in [0.4, 0.5) is 4.39 Å². The van der Waals surface area contributed by atoms with E-state index in [2.05, 4.69) is 23.2 Å². The van der Waals surface area contributed by atoms with Gasteiger partial charge in [-0.15, -0.1) is 0 Å². The number of aryl methyl sites for hydroxylation is 1. The maximum atomic E-state index is 14.2. The first-order chi connectivity index (χ1) is 13.6. The van der Waals surface area contributed by atoms with Crippen LogP contribution in [-0.4, -0.2) is 23.1 Å². The van der Waals surface area contributed by atoms with E-state index in [1.807, 2.05) is 12.1 Å². The number of fused-ring (bicyclic) bond motifs is 5. The molecule has 0 fully saturated rings. The number of halogens is 1. The molecule has 5 heteroatoms. The number of ether oxygens (including phenoxy) is 1. The first kappa shape index (κ1) is 17.2. The number of nitrogens with two attached hydrogens (primary N) is 1. The second kappa shape index (κ2) is 6.60. The molecule has 0 saturated heterocycles. The number of rotatable bonds is 3. The summed E-state index contributed by atoms with van der Waals surface area (Å²) in [6, 6.07) is 13.6. The minimum Gasteiger partial charge on any atom is -0.494 e. The monoisotopic (exact) mass is 375 g/mol. The zero-order valence-electron chi connectivity index (χ0n) is 15.8. The van der Waals surface area contributed by atoms with E-state index >= 15 is 0 Å². The number of hydrogen-bond donors (Lipinski definition) is 2. The summed E-state index contributed by atoms with van der Waals surface area (Å²) >= 11 is 0. The SMILES string of the molecule is COc1ccc(Cc2nc3c(c4c2[nH]c2ccccc24)CCC(N)C3)cc1F. The molecule has 4 nitrogen and oxygen atoms in total. The molecular weight excluding hydrogens is 353 g/mol. The topological polar surface area (TPSA) is 63.9 Å². The fraction of sp³-hybridized carbons (Fsp3) is 0.261. The van der Waals surface area contributed by atoms with Crippen molar-refractivity contribution in [3.05, 3.63) is 70.8 Å². The van der Waals surface area contributed by atoms with Gasteiger partial charge in [0, 0.05) is 40.9 Å². The number of H-pyrrole nitrogens is 1. The molecule has 2 heterocycles. The highest BCUT2D eigenvalue weighted by molar-refractivity contribution is 6.10. The van der Waals surface area contributed by atoms with E-state index in [9.17, 15) is 4.39 Å². The van der Waals surface area contributed by atoms with Crippen molar-refractivity contribution in [3.8, 4) is 5.75 Å². The number of pyridine rings is 1. The quantitative estimate of drug-likeness (QED) is 0.562. The predicted molar refractivity (Wildman–Crippen MR) is 109 cm³/mol. The maximum absolute atomic E-state index is 14.2. The number of aromatic nitrogens is 2. The summed E-state index contributed by atoms with van der Waals surface area (Å²) in [5.41, 5.74) is 12.6. The van der Waals surface area contributed by atoms with Crippen molar-refractivity contribution < 1.29 is 9.13 Å². The molecule has 0 aliphatic heterocycles. The molecule has 2 aromatic heterocycles. The van der Waals surface area contributed by atoms with E-state index in [1.165, 1.54) is 29.5 Å². The molecule has 0 spiro atoms. The Kier molecular flexibility index (Phi) is 4.05. The normalized spacial score (nSPS) is 16.5. The molecule has 28 heavy (non-hydrogen) atoms. The van der Waals surface area contributed by atoms with Crippen LogP contribution in [0.5, 0.6) is 5.75 Å². The van der Waals surface area contributed by atoms with Gasteiger partial charge in [0.15, 0.2) is 11.6 Å². The number of aromatic amines is 1. The van der Waals surface area contributed by atoms with Crippen molar-refractivity contribution in [1.82, 2.24) is 9.97 Å². The Morgan fingerprint density at radius 1 is 1.25 bits per heavy atom. The molecular formula is C23H22FN3O. The van der Waals surface area contributed by atoms with Gasteiger partial charge >= 0.3 is 0 Å². The van der Waals surface area contributed by atoms with Gasteiger partial charge in [0.05, 0.1) is 18.3 Å². The van der Waals surface area contributed by atoms with Crippen molar-refractivity contribution in [2.75, 3.05) is 7.11 Å². The molecule has 1 atom stereocenters. The minimum absolute atomic E-state index is 0.147. The molecule has 2 aromatic carbocycles. The van der Waals surface area contributed by atoms with Gasteiger partial charge in [0.2, 0.25) is 0 Å². The molecule has 4 aromatic rings. The lowest BCUT2D eigenvalue weighted by molar-refractivity contribution is 0.386. The largest absolute Gasteiger partial charge is 0.494 e. The second-order valence-corrected chi connectivity index (χ2v) is 7.55. The Morgan fingerprint density at radius 3 is 2.93 bits per heavy atom. The van der Waals surface area contributed by atoms with E-state index in [4.69, 9.17) is 15.5 Å². The average Bonchev–Trinajstić information content (AvgIpc) is 3.08. The lowest BCUT2D eigenvalue weighted by atomic mass is 9.88. The third-order valence-corrected chi connectivity index (χ3v) is 5.72. The van der Waals surface area contributed by atoms with Gasteiger partial charge in [-0.05, 0) is 42.2 Å². The first-order valence-corrected chi connectivity index (χ1v) is 9.63. The van der Waals surface area contributed by atoms with Gasteiger partial charge < -0.3 is 15.5 Å². The van der Waals surface area contributed by atoms with E-state index in [1.54, 1.807) is 6.07 Å². The summed E-state index contributed by atoms with van der Waals surface area (Å²) in [6.07, 6.45) is 3.26. The van der Waals surface area contributed by atoms with Crippen molar-refractivity contribution in [3.63, 3.8) is 0 Å². The Labute approximate surface area is 162 Å². The van der Waals surface area contributed by atoms with Crippen LogP contribution in [0.25, 0.3) is 21.8 Å². The number of hydrogen-bond acceptors (Lipinski definition) is 3. The van der Waals surface area contributed by atoms with Gasteiger partial charge in [0.1, 0.15) is 0 Å². The summed E-state index contributed by atoms with van der Waals surface area (Å²) in [7, 11) is 1.47. The van der Waals surface area contributed by atoms with Gasteiger partial charge in [-0.3, -0.25) is 4.98 Å². The van der Waals surface area contributed by atoms with Crippen LogP contribution < -0.4 is 10.5 Å². The molecule has 5 rings (SSSR count). The van der Waals surface area contributed by atoms with Crippen LogP contribution in [0.2, 0.25) is 0 Å². The zero-order valence-corrected chi connectivity index (χ0v) is 15.8. The van der Waals surface area contributed by atoms with Crippen molar-refractivity contribution in [2.45, 2.75) is 31.7 Å². The third-order valence-electron chi connectivity index (χ3n) is 5.72. The summed E-state index contributed by atoms with van der Waals surface area (Å²) in [5, 5.41) is 2.46. The fourth-order valence-corrected chi connectivity index (χ4v) is 4.36. The number of nitrogens with zero attached hydrogens (tertiary/aromatic N) is 1. The number of para-hydroxylation sites is 1. The number of methoxy groups -OCH3 is 1. The number of nitrogens with one attached hydrogen (secondary N) is 1. The lowest BCUT2D eigenvalue weighted by Gasteiger charge is -2.22. The van der Waals surface area contributed by atoms with Crippen LogP contribution in [0, 0.1) is 5.82 Å². The Bertz CT molecular complexity index is 1200. The second-order valence-electron chi connectivity index (χ2n) is 7.55. The molecule has 0 bridgehead atoms. The minimum atomic E-state index is -0.354. The van der Waals surface area contributed by atoms with Crippen LogP contribution in [-0.2, 0) is 19.3 Å².